The van der Waals surface area contributed by atoms with Crippen molar-refractivity contribution in [2.24, 2.45) is 0 Å². The number of aromatic amines is 1. The zero-order chi connectivity index (χ0) is 14.7. The minimum Gasteiger partial charge on any atom is -0.370 e. The number of hydrogen-bond donors (Lipinski definition) is 1. The summed E-state index contributed by atoms with van der Waals surface area (Å²) in [5.74, 6) is -0.222. The third kappa shape index (κ3) is 3.08. The molecule has 21 heavy (non-hydrogen) atoms. The minimum absolute atomic E-state index is 0.222. The first-order chi connectivity index (χ1) is 10.2. The first kappa shape index (κ1) is 13.3. The first-order valence-corrected chi connectivity index (χ1v) is 6.65. The Balaban J connectivity index is 1.78. The van der Waals surface area contributed by atoms with Gasteiger partial charge in [0.05, 0.1) is 0 Å². The van der Waals surface area contributed by atoms with E-state index in [0.717, 1.165) is 29.1 Å². The van der Waals surface area contributed by atoms with Gasteiger partial charge in [0.15, 0.2) is 0 Å². The van der Waals surface area contributed by atoms with Crippen LogP contribution in [0.1, 0.15) is 5.56 Å². The second-order valence-corrected chi connectivity index (χ2v) is 4.89. The molecule has 0 radical (unpaired) electrons. The molecule has 0 unspecified atom stereocenters. The predicted molar refractivity (Wildman–Crippen MR) is 80.3 cm³/mol. The van der Waals surface area contributed by atoms with Crippen LogP contribution in [-0.2, 0) is 6.54 Å². The summed E-state index contributed by atoms with van der Waals surface area (Å²) in [5.41, 5.74) is 3.97. The van der Waals surface area contributed by atoms with Gasteiger partial charge >= 0.3 is 0 Å². The quantitative estimate of drug-likeness (QED) is 0.799. The summed E-state index contributed by atoms with van der Waals surface area (Å²) in [6, 6.07) is 14.6. The second-order valence-electron chi connectivity index (χ2n) is 4.89. The number of aromatic nitrogens is 3. The highest BCUT2D eigenvalue weighted by atomic mass is 19.1. The van der Waals surface area contributed by atoms with Gasteiger partial charge in [0.2, 0.25) is 0 Å². The van der Waals surface area contributed by atoms with Crippen molar-refractivity contribution in [3.63, 3.8) is 0 Å². The summed E-state index contributed by atoms with van der Waals surface area (Å²) >= 11 is 0. The van der Waals surface area contributed by atoms with Crippen LogP contribution in [0, 0.1) is 5.82 Å². The van der Waals surface area contributed by atoms with Gasteiger partial charge in [-0.1, -0.05) is 23.4 Å². The molecular weight excluding hydrogens is 267 g/mol. The lowest BCUT2D eigenvalue weighted by Crippen LogP contribution is -2.16. The number of benzene rings is 2. The Bertz CT molecular complexity index is 707. The number of anilines is 1. The molecule has 106 valence electrons. The molecule has 2 aromatic carbocycles. The maximum atomic E-state index is 13.0. The van der Waals surface area contributed by atoms with E-state index in [-0.39, 0.29) is 5.82 Å². The van der Waals surface area contributed by atoms with Crippen molar-refractivity contribution in [2.75, 3.05) is 11.9 Å². The molecule has 0 saturated heterocycles. The summed E-state index contributed by atoms with van der Waals surface area (Å²) < 4.78 is 13.0. The summed E-state index contributed by atoms with van der Waals surface area (Å²) in [5, 5.41) is 10.5. The van der Waals surface area contributed by atoms with E-state index in [9.17, 15) is 4.39 Å². The van der Waals surface area contributed by atoms with Crippen LogP contribution in [0.15, 0.2) is 54.7 Å². The Morgan fingerprint density at radius 1 is 1.14 bits per heavy atom. The average molecular weight is 282 g/mol. The van der Waals surface area contributed by atoms with Gasteiger partial charge in [-0.3, -0.25) is 5.10 Å². The molecule has 3 aromatic rings. The predicted octanol–water partition coefficient (Wildman–Crippen LogP) is 3.25. The van der Waals surface area contributed by atoms with Crippen molar-refractivity contribution in [3.8, 4) is 11.3 Å². The van der Waals surface area contributed by atoms with E-state index in [2.05, 4.69) is 32.4 Å². The topological polar surface area (TPSA) is 44.8 Å². The summed E-state index contributed by atoms with van der Waals surface area (Å²) in [4.78, 5) is 2.07. The van der Waals surface area contributed by atoms with Crippen molar-refractivity contribution < 1.29 is 4.39 Å². The Labute approximate surface area is 122 Å². The molecule has 0 bridgehead atoms. The van der Waals surface area contributed by atoms with E-state index in [1.807, 2.05) is 19.2 Å². The van der Waals surface area contributed by atoms with Gasteiger partial charge in [0.25, 0.3) is 0 Å². The zero-order valence-corrected chi connectivity index (χ0v) is 11.6. The zero-order valence-electron chi connectivity index (χ0n) is 11.6. The number of nitrogens with zero attached hydrogens (tertiary/aromatic N) is 3. The monoisotopic (exact) mass is 282 g/mol. The molecule has 5 heteroatoms. The SMILES string of the molecule is CN(Cc1cccc(-c2c[nH]nn2)c1)c1ccc(F)cc1. The van der Waals surface area contributed by atoms with E-state index < -0.39 is 0 Å². The van der Waals surface area contributed by atoms with Gasteiger partial charge in [-0.2, -0.15) is 0 Å². The van der Waals surface area contributed by atoms with Crippen LogP contribution in [0.2, 0.25) is 0 Å². The van der Waals surface area contributed by atoms with Gasteiger partial charge in [-0.05, 0) is 35.9 Å². The van der Waals surface area contributed by atoms with Gasteiger partial charge in [-0.25, -0.2) is 4.39 Å². The second kappa shape index (κ2) is 5.75. The fourth-order valence-corrected chi connectivity index (χ4v) is 2.23. The lowest BCUT2D eigenvalue weighted by Gasteiger charge is -2.19. The van der Waals surface area contributed by atoms with Crippen LogP contribution < -0.4 is 4.90 Å². The molecule has 0 aliphatic rings. The van der Waals surface area contributed by atoms with Gasteiger partial charge in [-0.15, -0.1) is 5.10 Å². The van der Waals surface area contributed by atoms with E-state index >= 15 is 0 Å². The normalized spacial score (nSPS) is 10.6. The van der Waals surface area contributed by atoms with Crippen molar-refractivity contribution in [1.82, 2.24) is 15.4 Å². The van der Waals surface area contributed by atoms with E-state index in [4.69, 9.17) is 0 Å². The molecule has 0 aliphatic heterocycles. The first-order valence-electron chi connectivity index (χ1n) is 6.65. The van der Waals surface area contributed by atoms with Crippen molar-refractivity contribution in [1.29, 1.82) is 0 Å². The minimum atomic E-state index is -0.222. The molecule has 0 amide bonds. The summed E-state index contributed by atoms with van der Waals surface area (Å²) in [6.45, 7) is 0.733. The van der Waals surface area contributed by atoms with E-state index in [1.54, 1.807) is 18.3 Å². The molecule has 4 nitrogen and oxygen atoms in total. The largest absolute Gasteiger partial charge is 0.370 e. The standard InChI is InChI=1S/C16H15FN4/c1-21(15-7-5-14(17)6-8-15)11-12-3-2-4-13(9-12)16-10-18-20-19-16/h2-10H,11H2,1H3,(H,18,19,20). The van der Waals surface area contributed by atoms with Gasteiger partial charge in [0.1, 0.15) is 11.5 Å². The summed E-state index contributed by atoms with van der Waals surface area (Å²) in [7, 11) is 1.98. The number of halogens is 1. The third-order valence-corrected chi connectivity index (χ3v) is 3.33. The Hall–Kier alpha value is -2.69. The number of H-pyrrole nitrogens is 1. The molecule has 0 spiro atoms. The van der Waals surface area contributed by atoms with Gasteiger partial charge < -0.3 is 4.90 Å². The number of hydrogen-bond acceptors (Lipinski definition) is 3. The highest BCUT2D eigenvalue weighted by Crippen LogP contribution is 2.20. The molecule has 0 atom stereocenters. The van der Waals surface area contributed by atoms with Crippen molar-refractivity contribution in [2.45, 2.75) is 6.54 Å². The fourth-order valence-electron chi connectivity index (χ4n) is 2.23. The fraction of sp³-hybridized carbons (Fsp3) is 0.125. The van der Waals surface area contributed by atoms with E-state index in [1.165, 1.54) is 12.1 Å². The molecule has 0 aliphatic carbocycles. The molecular formula is C16H15FN4. The highest BCUT2D eigenvalue weighted by Gasteiger charge is 2.05. The molecule has 1 aromatic heterocycles. The van der Waals surface area contributed by atoms with Crippen LogP contribution in [0.3, 0.4) is 0 Å². The average Bonchev–Trinajstić information content (AvgIpc) is 3.02. The smallest absolute Gasteiger partial charge is 0.123 e. The van der Waals surface area contributed by atoms with Crippen LogP contribution in [0.25, 0.3) is 11.3 Å². The Kier molecular flexibility index (Phi) is 3.64. The molecule has 1 N–H and O–H groups in total. The molecule has 0 saturated carbocycles. The van der Waals surface area contributed by atoms with Crippen LogP contribution >= 0.6 is 0 Å². The molecule has 1 heterocycles. The summed E-state index contributed by atoms with van der Waals surface area (Å²) in [6.07, 6.45) is 1.77. The number of rotatable bonds is 4. The number of nitrogens with one attached hydrogen (secondary N) is 1. The van der Waals surface area contributed by atoms with Crippen LogP contribution in [0.5, 0.6) is 0 Å². The molecule has 0 fully saturated rings. The van der Waals surface area contributed by atoms with Crippen molar-refractivity contribution >= 4 is 5.69 Å². The van der Waals surface area contributed by atoms with E-state index in [0.29, 0.717) is 0 Å². The Morgan fingerprint density at radius 2 is 1.95 bits per heavy atom. The maximum absolute atomic E-state index is 13.0. The lowest BCUT2D eigenvalue weighted by molar-refractivity contribution is 0.627. The third-order valence-electron chi connectivity index (χ3n) is 3.33. The van der Waals surface area contributed by atoms with Crippen LogP contribution in [0.4, 0.5) is 10.1 Å². The van der Waals surface area contributed by atoms with Crippen molar-refractivity contribution in [3.05, 3.63) is 66.1 Å². The highest BCUT2D eigenvalue weighted by molar-refractivity contribution is 5.59. The van der Waals surface area contributed by atoms with Gasteiger partial charge in [0, 0.05) is 31.0 Å². The van der Waals surface area contributed by atoms with Crippen LogP contribution in [-0.4, -0.2) is 22.5 Å². The lowest BCUT2D eigenvalue weighted by atomic mass is 10.1. The maximum Gasteiger partial charge on any atom is 0.123 e. The Morgan fingerprint density at radius 3 is 2.67 bits per heavy atom. The molecule has 3 rings (SSSR count).